The number of carbonyl (C=O) groups is 1. The summed E-state index contributed by atoms with van der Waals surface area (Å²) in [5.74, 6) is -0.204. The molecule has 2 aromatic rings. The highest BCUT2D eigenvalue weighted by molar-refractivity contribution is 7.80. The van der Waals surface area contributed by atoms with E-state index in [9.17, 15) is 4.79 Å². The Kier molecular flexibility index (Phi) is 5.34. The molecule has 0 spiro atoms. The quantitative estimate of drug-likeness (QED) is 0.847. The van der Waals surface area contributed by atoms with E-state index >= 15 is 0 Å². The van der Waals surface area contributed by atoms with Crippen molar-refractivity contribution in [2.45, 2.75) is 13.8 Å². The molecule has 0 aliphatic carbocycles. The molecule has 2 aromatic carbocycles. The summed E-state index contributed by atoms with van der Waals surface area (Å²) in [7, 11) is 3.97. The van der Waals surface area contributed by atoms with Gasteiger partial charge in [0, 0.05) is 31.0 Å². The maximum atomic E-state index is 12.3. The van der Waals surface area contributed by atoms with E-state index in [1.165, 1.54) is 0 Å². The van der Waals surface area contributed by atoms with Crippen LogP contribution in [0, 0.1) is 13.8 Å². The monoisotopic (exact) mass is 327 g/mol. The van der Waals surface area contributed by atoms with Crippen molar-refractivity contribution in [3.8, 4) is 0 Å². The molecule has 120 valence electrons. The first-order valence-electron chi connectivity index (χ1n) is 7.34. The zero-order valence-corrected chi connectivity index (χ0v) is 14.6. The van der Waals surface area contributed by atoms with E-state index in [2.05, 4.69) is 10.6 Å². The van der Waals surface area contributed by atoms with E-state index < -0.39 is 0 Å². The molecule has 5 heteroatoms. The lowest BCUT2D eigenvalue weighted by atomic mass is 10.1. The molecule has 2 rings (SSSR count). The van der Waals surface area contributed by atoms with Gasteiger partial charge in [-0.15, -0.1) is 0 Å². The highest BCUT2D eigenvalue weighted by Gasteiger charge is 2.10. The Balaban J connectivity index is 2.00. The molecule has 0 aliphatic heterocycles. The predicted molar refractivity (Wildman–Crippen MR) is 100 cm³/mol. The van der Waals surface area contributed by atoms with Gasteiger partial charge in [-0.25, -0.2) is 0 Å². The number of carbonyl (C=O) groups excluding carboxylic acids is 1. The molecule has 1 amide bonds. The van der Waals surface area contributed by atoms with Crippen LogP contribution in [0.5, 0.6) is 0 Å². The smallest absolute Gasteiger partial charge is 0.257 e. The SMILES string of the molecule is Cc1ccc(C(=O)NC(=S)Nc2ccc(N(C)C)cc2)c(C)c1. The van der Waals surface area contributed by atoms with Gasteiger partial charge in [-0.2, -0.15) is 0 Å². The summed E-state index contributed by atoms with van der Waals surface area (Å²) < 4.78 is 0. The summed E-state index contributed by atoms with van der Waals surface area (Å²) >= 11 is 5.21. The summed E-state index contributed by atoms with van der Waals surface area (Å²) in [6, 6.07) is 13.5. The van der Waals surface area contributed by atoms with Gasteiger partial charge in [0.15, 0.2) is 5.11 Å². The summed E-state index contributed by atoms with van der Waals surface area (Å²) in [5, 5.41) is 6.02. The second-order valence-electron chi connectivity index (χ2n) is 5.67. The fraction of sp³-hybridized carbons (Fsp3) is 0.222. The van der Waals surface area contributed by atoms with Gasteiger partial charge in [-0.3, -0.25) is 10.1 Å². The molecular formula is C18H21N3OS. The fourth-order valence-electron chi connectivity index (χ4n) is 2.24. The molecule has 0 aromatic heterocycles. The zero-order valence-electron chi connectivity index (χ0n) is 13.8. The third-order valence-corrected chi connectivity index (χ3v) is 3.70. The Morgan fingerprint density at radius 1 is 1.04 bits per heavy atom. The molecule has 0 saturated carbocycles. The number of amides is 1. The number of benzene rings is 2. The van der Waals surface area contributed by atoms with Crippen LogP contribution in [0.2, 0.25) is 0 Å². The average Bonchev–Trinajstić information content (AvgIpc) is 2.47. The molecule has 0 saturated heterocycles. The van der Waals surface area contributed by atoms with Crippen molar-refractivity contribution in [2.24, 2.45) is 0 Å². The van der Waals surface area contributed by atoms with Crippen LogP contribution in [0.25, 0.3) is 0 Å². The standard InChI is InChI=1S/C18H21N3OS/c1-12-5-10-16(13(2)11-12)17(22)20-18(23)19-14-6-8-15(9-7-14)21(3)4/h5-11H,1-4H3,(H2,19,20,22,23). The number of hydrogen-bond donors (Lipinski definition) is 2. The third kappa shape index (κ3) is 4.53. The van der Waals surface area contributed by atoms with Gasteiger partial charge >= 0.3 is 0 Å². The van der Waals surface area contributed by atoms with Crippen LogP contribution < -0.4 is 15.5 Å². The highest BCUT2D eigenvalue weighted by Crippen LogP contribution is 2.15. The largest absolute Gasteiger partial charge is 0.378 e. The van der Waals surface area contributed by atoms with Gasteiger partial charge in [0.25, 0.3) is 5.91 Å². The van der Waals surface area contributed by atoms with Gasteiger partial charge < -0.3 is 10.2 Å². The fourth-order valence-corrected chi connectivity index (χ4v) is 2.45. The van der Waals surface area contributed by atoms with Crippen molar-refractivity contribution in [2.75, 3.05) is 24.3 Å². The van der Waals surface area contributed by atoms with Gasteiger partial charge in [0.05, 0.1) is 0 Å². The van der Waals surface area contributed by atoms with E-state index in [1.807, 2.05) is 75.3 Å². The minimum absolute atomic E-state index is 0.204. The van der Waals surface area contributed by atoms with E-state index in [-0.39, 0.29) is 11.0 Å². The molecule has 0 unspecified atom stereocenters. The maximum Gasteiger partial charge on any atom is 0.257 e. The van der Waals surface area contributed by atoms with Crippen LogP contribution in [0.3, 0.4) is 0 Å². The van der Waals surface area contributed by atoms with Gasteiger partial charge in [0.2, 0.25) is 0 Å². The Hall–Kier alpha value is -2.40. The maximum absolute atomic E-state index is 12.3. The molecule has 0 bridgehead atoms. The van der Waals surface area contributed by atoms with Crippen LogP contribution in [0.15, 0.2) is 42.5 Å². The van der Waals surface area contributed by atoms with Crippen LogP contribution in [-0.2, 0) is 0 Å². The molecule has 0 heterocycles. The number of thiocarbonyl (C=S) groups is 1. The minimum atomic E-state index is -0.204. The summed E-state index contributed by atoms with van der Waals surface area (Å²) in [4.78, 5) is 14.3. The lowest BCUT2D eigenvalue weighted by Gasteiger charge is -2.14. The first-order valence-corrected chi connectivity index (χ1v) is 7.74. The van der Waals surface area contributed by atoms with Crippen molar-refractivity contribution < 1.29 is 4.79 Å². The van der Waals surface area contributed by atoms with Crippen molar-refractivity contribution in [3.63, 3.8) is 0 Å². The minimum Gasteiger partial charge on any atom is -0.378 e. The van der Waals surface area contributed by atoms with Crippen molar-refractivity contribution in [3.05, 3.63) is 59.2 Å². The molecule has 0 atom stereocenters. The number of nitrogens with zero attached hydrogens (tertiary/aromatic N) is 1. The lowest BCUT2D eigenvalue weighted by molar-refractivity contribution is 0.0977. The Bertz CT molecular complexity index is 724. The van der Waals surface area contributed by atoms with E-state index in [4.69, 9.17) is 12.2 Å². The summed E-state index contributed by atoms with van der Waals surface area (Å²) in [6.07, 6.45) is 0. The number of aryl methyl sites for hydroxylation is 2. The first-order chi connectivity index (χ1) is 10.9. The number of hydrogen-bond acceptors (Lipinski definition) is 3. The predicted octanol–water partition coefficient (Wildman–Crippen LogP) is 3.50. The number of nitrogens with one attached hydrogen (secondary N) is 2. The van der Waals surface area contributed by atoms with Crippen molar-refractivity contribution in [1.29, 1.82) is 0 Å². The van der Waals surface area contributed by atoms with E-state index in [0.29, 0.717) is 5.56 Å². The molecule has 2 N–H and O–H groups in total. The molecular weight excluding hydrogens is 306 g/mol. The molecule has 0 radical (unpaired) electrons. The Morgan fingerprint density at radius 2 is 1.70 bits per heavy atom. The number of rotatable bonds is 3. The van der Waals surface area contributed by atoms with E-state index in [1.54, 1.807) is 0 Å². The van der Waals surface area contributed by atoms with Crippen LogP contribution in [-0.4, -0.2) is 25.1 Å². The third-order valence-electron chi connectivity index (χ3n) is 3.50. The van der Waals surface area contributed by atoms with Gasteiger partial charge in [-0.1, -0.05) is 17.7 Å². The molecule has 4 nitrogen and oxygen atoms in total. The molecule has 0 aliphatic rings. The van der Waals surface area contributed by atoms with Gasteiger partial charge in [0.1, 0.15) is 0 Å². The Labute approximate surface area is 142 Å². The average molecular weight is 327 g/mol. The molecule has 23 heavy (non-hydrogen) atoms. The Morgan fingerprint density at radius 3 is 2.26 bits per heavy atom. The van der Waals surface area contributed by atoms with Crippen LogP contribution in [0.1, 0.15) is 21.5 Å². The van der Waals surface area contributed by atoms with Crippen LogP contribution in [0.4, 0.5) is 11.4 Å². The summed E-state index contributed by atoms with van der Waals surface area (Å²) in [6.45, 7) is 3.91. The second-order valence-corrected chi connectivity index (χ2v) is 6.08. The first kappa shape index (κ1) is 17.0. The van der Waals surface area contributed by atoms with Crippen molar-refractivity contribution in [1.82, 2.24) is 5.32 Å². The summed E-state index contributed by atoms with van der Waals surface area (Å²) in [5.41, 5.74) is 4.62. The van der Waals surface area contributed by atoms with E-state index in [0.717, 1.165) is 22.5 Å². The van der Waals surface area contributed by atoms with Crippen LogP contribution >= 0.6 is 12.2 Å². The number of anilines is 2. The second kappa shape index (κ2) is 7.24. The topological polar surface area (TPSA) is 44.4 Å². The highest BCUT2D eigenvalue weighted by atomic mass is 32.1. The van der Waals surface area contributed by atoms with Crippen molar-refractivity contribution >= 4 is 34.6 Å². The lowest BCUT2D eigenvalue weighted by Crippen LogP contribution is -2.34. The zero-order chi connectivity index (χ0) is 17.0. The molecule has 0 fully saturated rings. The normalized spacial score (nSPS) is 10.1. The van der Waals surface area contributed by atoms with Gasteiger partial charge in [-0.05, 0) is 62.0 Å².